The summed E-state index contributed by atoms with van der Waals surface area (Å²) < 4.78 is 5.34. The number of pyridine rings is 1. The van der Waals surface area contributed by atoms with Gasteiger partial charge in [0.05, 0.1) is 29.7 Å². The van der Waals surface area contributed by atoms with E-state index in [4.69, 9.17) is 4.74 Å². The molecular weight excluding hydrogens is 316 g/mol. The van der Waals surface area contributed by atoms with Crippen LogP contribution in [0.15, 0.2) is 48.8 Å². The van der Waals surface area contributed by atoms with E-state index < -0.39 is 0 Å². The number of rotatable bonds is 4. The maximum Gasteiger partial charge on any atom is 0.259 e. The third kappa shape index (κ3) is 3.47. The molecule has 0 atom stereocenters. The van der Waals surface area contributed by atoms with E-state index in [1.54, 1.807) is 32.5 Å². The van der Waals surface area contributed by atoms with Gasteiger partial charge in [0.1, 0.15) is 5.82 Å². The number of carbonyl (C=O) groups excluding carboxylic acids is 1. The zero-order valence-electron chi connectivity index (χ0n) is 14.3. The number of methoxy groups -OCH3 is 1. The van der Waals surface area contributed by atoms with Crippen LogP contribution < -0.4 is 10.1 Å². The Hall–Kier alpha value is -3.28. The number of hydrogen-bond donors (Lipinski definition) is 1. The van der Waals surface area contributed by atoms with Crippen LogP contribution in [0.4, 0.5) is 5.69 Å². The third-order valence-corrected chi connectivity index (χ3v) is 3.74. The Bertz CT molecular complexity index is 911. The second kappa shape index (κ2) is 7.09. The van der Waals surface area contributed by atoms with E-state index in [-0.39, 0.29) is 5.91 Å². The van der Waals surface area contributed by atoms with E-state index in [9.17, 15) is 4.79 Å². The molecule has 3 aromatic rings. The Balaban J connectivity index is 2.00. The van der Waals surface area contributed by atoms with Gasteiger partial charge in [-0.25, -0.2) is 9.97 Å². The molecule has 0 spiro atoms. The molecule has 1 amide bonds. The van der Waals surface area contributed by atoms with Gasteiger partial charge in [-0.1, -0.05) is 30.3 Å². The van der Waals surface area contributed by atoms with Crippen molar-refractivity contribution in [3.63, 3.8) is 0 Å². The highest BCUT2D eigenvalue weighted by atomic mass is 16.5. The highest BCUT2D eigenvalue weighted by Crippen LogP contribution is 2.28. The molecule has 6 heteroatoms. The topological polar surface area (TPSA) is 77.0 Å². The number of aryl methyl sites for hydroxylation is 2. The van der Waals surface area contributed by atoms with Crippen molar-refractivity contribution in [1.29, 1.82) is 0 Å². The largest absolute Gasteiger partial charge is 0.493 e. The fraction of sp³-hybridized carbons (Fsp3) is 0.158. The number of amides is 1. The molecule has 25 heavy (non-hydrogen) atoms. The van der Waals surface area contributed by atoms with Gasteiger partial charge in [0.25, 0.3) is 5.91 Å². The van der Waals surface area contributed by atoms with Gasteiger partial charge in [-0.05, 0) is 19.9 Å². The van der Waals surface area contributed by atoms with Crippen molar-refractivity contribution in [2.24, 2.45) is 0 Å². The van der Waals surface area contributed by atoms with E-state index >= 15 is 0 Å². The monoisotopic (exact) mass is 334 g/mol. The molecule has 0 fully saturated rings. The molecule has 2 aromatic heterocycles. The van der Waals surface area contributed by atoms with Gasteiger partial charge in [0, 0.05) is 18.0 Å². The van der Waals surface area contributed by atoms with Gasteiger partial charge in [-0.3, -0.25) is 9.78 Å². The number of hydrogen-bond acceptors (Lipinski definition) is 5. The Morgan fingerprint density at radius 2 is 1.84 bits per heavy atom. The van der Waals surface area contributed by atoms with E-state index in [0.29, 0.717) is 34.2 Å². The predicted octanol–water partition coefficient (Wildman–Crippen LogP) is 3.42. The molecule has 6 nitrogen and oxygen atoms in total. The minimum atomic E-state index is -0.303. The van der Waals surface area contributed by atoms with Crippen molar-refractivity contribution in [1.82, 2.24) is 15.0 Å². The first-order valence-electron chi connectivity index (χ1n) is 7.80. The van der Waals surface area contributed by atoms with Crippen molar-refractivity contribution >= 4 is 11.6 Å². The maximum atomic E-state index is 12.8. The van der Waals surface area contributed by atoms with Crippen LogP contribution in [0.1, 0.15) is 21.9 Å². The number of nitrogens with zero attached hydrogens (tertiary/aromatic N) is 3. The van der Waals surface area contributed by atoms with Gasteiger partial charge in [0.2, 0.25) is 0 Å². The van der Waals surface area contributed by atoms with Crippen molar-refractivity contribution in [2.45, 2.75) is 13.8 Å². The average Bonchev–Trinajstić information content (AvgIpc) is 2.62. The molecule has 1 aromatic carbocycles. The van der Waals surface area contributed by atoms with Crippen molar-refractivity contribution < 1.29 is 9.53 Å². The van der Waals surface area contributed by atoms with E-state index in [2.05, 4.69) is 20.3 Å². The summed E-state index contributed by atoms with van der Waals surface area (Å²) in [6, 6.07) is 11.3. The predicted molar refractivity (Wildman–Crippen MR) is 95.7 cm³/mol. The molecule has 0 unspecified atom stereocenters. The lowest BCUT2D eigenvalue weighted by Gasteiger charge is -2.13. The molecule has 1 N–H and O–H groups in total. The van der Waals surface area contributed by atoms with Crippen molar-refractivity contribution in [3.8, 4) is 17.0 Å². The smallest absolute Gasteiger partial charge is 0.259 e. The number of anilines is 1. The quantitative estimate of drug-likeness (QED) is 0.791. The summed E-state index contributed by atoms with van der Waals surface area (Å²) >= 11 is 0. The molecule has 3 rings (SSSR count). The first kappa shape index (κ1) is 16.6. The molecule has 0 aliphatic rings. The van der Waals surface area contributed by atoms with Gasteiger partial charge >= 0.3 is 0 Å². The average molecular weight is 334 g/mol. The van der Waals surface area contributed by atoms with Crippen LogP contribution in [-0.2, 0) is 0 Å². The standard InChI is InChI=1S/C19H18N4O2/c1-12-18(25-3)16(9-10-20-12)23-19(24)15-11-21-13(2)22-17(15)14-7-5-4-6-8-14/h4-11H,1-3H3,(H,20,23,24). The number of ether oxygens (including phenoxy) is 1. The summed E-state index contributed by atoms with van der Waals surface area (Å²) in [4.78, 5) is 25.6. The van der Waals surface area contributed by atoms with E-state index in [1.165, 1.54) is 0 Å². The number of aromatic nitrogens is 3. The fourth-order valence-corrected chi connectivity index (χ4v) is 2.55. The van der Waals surface area contributed by atoms with Crippen LogP contribution in [0.25, 0.3) is 11.3 Å². The fourth-order valence-electron chi connectivity index (χ4n) is 2.55. The minimum Gasteiger partial charge on any atom is -0.493 e. The van der Waals surface area contributed by atoms with Gasteiger partial charge in [0.15, 0.2) is 5.75 Å². The van der Waals surface area contributed by atoms with Crippen LogP contribution in [0.5, 0.6) is 5.75 Å². The first-order valence-corrected chi connectivity index (χ1v) is 7.80. The van der Waals surface area contributed by atoms with Crippen LogP contribution >= 0.6 is 0 Å². The lowest BCUT2D eigenvalue weighted by atomic mass is 10.1. The van der Waals surface area contributed by atoms with E-state index in [0.717, 1.165) is 5.56 Å². The molecule has 0 bridgehead atoms. The second-order valence-corrected chi connectivity index (χ2v) is 5.48. The number of carbonyl (C=O) groups is 1. The lowest BCUT2D eigenvalue weighted by molar-refractivity contribution is 0.102. The Morgan fingerprint density at radius 3 is 2.56 bits per heavy atom. The molecule has 0 aliphatic carbocycles. The SMILES string of the molecule is COc1c(NC(=O)c2cnc(C)nc2-c2ccccc2)ccnc1C. The highest BCUT2D eigenvalue weighted by Gasteiger charge is 2.18. The van der Waals surface area contributed by atoms with Crippen molar-refractivity contribution in [2.75, 3.05) is 12.4 Å². The lowest BCUT2D eigenvalue weighted by Crippen LogP contribution is -2.16. The zero-order valence-corrected chi connectivity index (χ0v) is 14.3. The molecular formula is C19H18N4O2. The summed E-state index contributed by atoms with van der Waals surface area (Å²) in [5, 5.41) is 2.86. The highest BCUT2D eigenvalue weighted by molar-refractivity contribution is 6.08. The third-order valence-electron chi connectivity index (χ3n) is 3.74. The summed E-state index contributed by atoms with van der Waals surface area (Å²) in [5.74, 6) is 0.834. The van der Waals surface area contributed by atoms with Crippen molar-refractivity contribution in [3.05, 3.63) is 65.9 Å². The first-order chi connectivity index (χ1) is 12.1. The van der Waals surface area contributed by atoms with E-state index in [1.807, 2.05) is 37.3 Å². The minimum absolute atomic E-state index is 0.303. The molecule has 0 radical (unpaired) electrons. The van der Waals surface area contributed by atoms with Crippen LogP contribution in [-0.4, -0.2) is 28.0 Å². The van der Waals surface area contributed by atoms with Crippen LogP contribution in [0, 0.1) is 13.8 Å². The summed E-state index contributed by atoms with van der Waals surface area (Å²) in [6.45, 7) is 3.61. The molecule has 0 saturated carbocycles. The number of benzene rings is 1. The normalized spacial score (nSPS) is 10.4. The second-order valence-electron chi connectivity index (χ2n) is 5.48. The molecule has 0 aliphatic heterocycles. The Kier molecular flexibility index (Phi) is 4.70. The maximum absolute atomic E-state index is 12.8. The summed E-state index contributed by atoms with van der Waals surface area (Å²) in [5.41, 5.74) is 3.10. The van der Waals surface area contributed by atoms with Crippen LogP contribution in [0.3, 0.4) is 0 Å². The van der Waals surface area contributed by atoms with Gasteiger partial charge in [-0.15, -0.1) is 0 Å². The molecule has 2 heterocycles. The van der Waals surface area contributed by atoms with Gasteiger partial charge < -0.3 is 10.1 Å². The van der Waals surface area contributed by atoms with Crippen LogP contribution in [0.2, 0.25) is 0 Å². The summed E-state index contributed by atoms with van der Waals surface area (Å²) in [7, 11) is 1.55. The Morgan fingerprint density at radius 1 is 1.08 bits per heavy atom. The molecule has 0 saturated heterocycles. The molecule has 126 valence electrons. The number of nitrogens with one attached hydrogen (secondary N) is 1. The zero-order chi connectivity index (χ0) is 17.8. The Labute approximate surface area is 145 Å². The van der Waals surface area contributed by atoms with Gasteiger partial charge in [-0.2, -0.15) is 0 Å². The summed E-state index contributed by atoms with van der Waals surface area (Å²) in [6.07, 6.45) is 3.16.